The number of ether oxygens (including phenoxy) is 2. The number of rotatable bonds is 4. The molecule has 2 aliphatic rings. The van der Waals surface area contributed by atoms with E-state index in [2.05, 4.69) is 10.4 Å². The first kappa shape index (κ1) is 14.8. The van der Waals surface area contributed by atoms with Crippen molar-refractivity contribution >= 4 is 0 Å². The molecule has 2 N–H and O–H groups in total. The van der Waals surface area contributed by atoms with E-state index in [4.69, 9.17) is 9.47 Å². The van der Waals surface area contributed by atoms with Gasteiger partial charge in [-0.3, -0.25) is 4.68 Å². The van der Waals surface area contributed by atoms with Gasteiger partial charge >= 0.3 is 0 Å². The van der Waals surface area contributed by atoms with Crippen LogP contribution in [-0.4, -0.2) is 46.0 Å². The minimum absolute atomic E-state index is 0.256. The zero-order chi connectivity index (χ0) is 15.8. The molecule has 2 aliphatic heterocycles. The van der Waals surface area contributed by atoms with E-state index in [-0.39, 0.29) is 18.0 Å². The van der Waals surface area contributed by atoms with Crippen molar-refractivity contribution < 1.29 is 19.0 Å². The van der Waals surface area contributed by atoms with Gasteiger partial charge in [-0.05, 0) is 12.1 Å². The van der Waals surface area contributed by atoms with E-state index in [0.717, 1.165) is 0 Å². The SMILES string of the molecule is O[C@H]1[C@H](NCc2ccccc2F)[C@H]2CO[C@H](O2)[C@@H]1n1cccn1. The second-order valence-corrected chi connectivity index (χ2v) is 5.84. The van der Waals surface area contributed by atoms with Crippen LogP contribution in [0.1, 0.15) is 11.6 Å². The molecule has 2 aromatic rings. The number of nitrogens with zero attached hydrogens (tertiary/aromatic N) is 2. The van der Waals surface area contributed by atoms with Crippen molar-refractivity contribution in [1.29, 1.82) is 0 Å². The Bertz CT molecular complexity index is 666. The van der Waals surface area contributed by atoms with Gasteiger partial charge in [0.2, 0.25) is 0 Å². The summed E-state index contributed by atoms with van der Waals surface area (Å²) in [7, 11) is 0. The van der Waals surface area contributed by atoms with Crippen molar-refractivity contribution in [3.63, 3.8) is 0 Å². The minimum atomic E-state index is -0.743. The molecule has 0 radical (unpaired) electrons. The highest BCUT2D eigenvalue weighted by Crippen LogP contribution is 2.35. The Hall–Kier alpha value is -1.80. The van der Waals surface area contributed by atoms with Gasteiger partial charge in [-0.1, -0.05) is 18.2 Å². The van der Waals surface area contributed by atoms with Crippen LogP contribution in [0.25, 0.3) is 0 Å². The number of halogens is 1. The minimum Gasteiger partial charge on any atom is -0.389 e. The molecule has 1 aromatic heterocycles. The first-order valence-electron chi connectivity index (χ1n) is 7.65. The van der Waals surface area contributed by atoms with Crippen LogP contribution in [0, 0.1) is 5.82 Å². The van der Waals surface area contributed by atoms with Gasteiger partial charge in [0, 0.05) is 24.5 Å². The van der Waals surface area contributed by atoms with Gasteiger partial charge < -0.3 is 19.9 Å². The number of fused-ring (bicyclic) bond motifs is 2. The summed E-state index contributed by atoms with van der Waals surface area (Å²) < 4.78 is 26.9. The van der Waals surface area contributed by atoms with Gasteiger partial charge in [-0.2, -0.15) is 5.10 Å². The molecule has 6 nitrogen and oxygen atoms in total. The van der Waals surface area contributed by atoms with Crippen LogP contribution in [0.4, 0.5) is 4.39 Å². The molecular formula is C16H18FN3O3. The maximum atomic E-state index is 13.8. The summed E-state index contributed by atoms with van der Waals surface area (Å²) in [4.78, 5) is 0. The molecular weight excluding hydrogens is 301 g/mol. The average molecular weight is 319 g/mol. The average Bonchev–Trinajstić information content (AvgIpc) is 3.21. The van der Waals surface area contributed by atoms with Crippen molar-refractivity contribution in [2.45, 2.75) is 37.1 Å². The molecule has 4 rings (SSSR count). The predicted molar refractivity (Wildman–Crippen MR) is 78.9 cm³/mol. The van der Waals surface area contributed by atoms with Crippen LogP contribution < -0.4 is 5.32 Å². The number of hydrogen-bond donors (Lipinski definition) is 2. The summed E-state index contributed by atoms with van der Waals surface area (Å²) in [5.41, 5.74) is 0.552. The molecule has 0 unspecified atom stereocenters. The molecule has 0 saturated carbocycles. The number of aliphatic hydroxyl groups excluding tert-OH is 1. The first-order chi connectivity index (χ1) is 11.2. The third-order valence-electron chi connectivity index (χ3n) is 4.45. The Morgan fingerprint density at radius 2 is 2.22 bits per heavy atom. The Kier molecular flexibility index (Phi) is 3.86. The van der Waals surface area contributed by atoms with E-state index in [1.807, 2.05) is 0 Å². The lowest BCUT2D eigenvalue weighted by atomic mass is 9.96. The Morgan fingerprint density at radius 1 is 1.35 bits per heavy atom. The zero-order valence-corrected chi connectivity index (χ0v) is 12.4. The van der Waals surface area contributed by atoms with Crippen LogP contribution in [0.2, 0.25) is 0 Å². The van der Waals surface area contributed by atoms with Gasteiger partial charge in [0.1, 0.15) is 18.0 Å². The van der Waals surface area contributed by atoms with Crippen LogP contribution in [0.3, 0.4) is 0 Å². The molecule has 2 saturated heterocycles. The molecule has 0 aliphatic carbocycles. The van der Waals surface area contributed by atoms with Crippen molar-refractivity contribution in [2.75, 3.05) is 6.61 Å². The van der Waals surface area contributed by atoms with Gasteiger partial charge in [-0.25, -0.2) is 4.39 Å². The Labute approximate surface area is 132 Å². The lowest BCUT2D eigenvalue weighted by molar-refractivity contribution is -0.168. The van der Waals surface area contributed by atoms with Gasteiger partial charge in [-0.15, -0.1) is 0 Å². The number of nitrogens with one attached hydrogen (secondary N) is 1. The quantitative estimate of drug-likeness (QED) is 0.874. The molecule has 2 bridgehead atoms. The fourth-order valence-corrected chi connectivity index (χ4v) is 3.26. The molecule has 2 fully saturated rings. The maximum Gasteiger partial charge on any atom is 0.183 e. The summed E-state index contributed by atoms with van der Waals surface area (Å²) >= 11 is 0. The predicted octanol–water partition coefficient (Wildman–Crippen LogP) is 0.838. The summed E-state index contributed by atoms with van der Waals surface area (Å²) in [6.07, 6.45) is 1.91. The third-order valence-corrected chi connectivity index (χ3v) is 4.45. The number of hydrogen-bond acceptors (Lipinski definition) is 5. The van der Waals surface area contributed by atoms with E-state index < -0.39 is 18.4 Å². The summed E-state index contributed by atoms with van der Waals surface area (Å²) in [6.45, 7) is 0.708. The number of benzene rings is 1. The normalized spacial score (nSPS) is 33.0. The van der Waals surface area contributed by atoms with Gasteiger partial charge in [0.25, 0.3) is 0 Å². The van der Waals surface area contributed by atoms with Crippen molar-refractivity contribution in [3.8, 4) is 0 Å². The number of aliphatic hydroxyl groups is 1. The maximum absolute atomic E-state index is 13.8. The van der Waals surface area contributed by atoms with Gasteiger partial charge in [0.05, 0.1) is 18.8 Å². The largest absolute Gasteiger partial charge is 0.389 e. The highest BCUT2D eigenvalue weighted by molar-refractivity contribution is 5.17. The fraction of sp³-hybridized carbons (Fsp3) is 0.438. The topological polar surface area (TPSA) is 68.5 Å². The van der Waals surface area contributed by atoms with Crippen LogP contribution in [-0.2, 0) is 16.0 Å². The summed E-state index contributed by atoms with van der Waals surface area (Å²) in [5, 5.41) is 18.1. The summed E-state index contributed by atoms with van der Waals surface area (Å²) in [6, 6.07) is 7.58. The Morgan fingerprint density at radius 3 is 3.00 bits per heavy atom. The van der Waals surface area contributed by atoms with Crippen LogP contribution in [0.5, 0.6) is 0 Å². The van der Waals surface area contributed by atoms with E-state index >= 15 is 0 Å². The van der Waals surface area contributed by atoms with Crippen molar-refractivity contribution in [2.24, 2.45) is 0 Å². The fourth-order valence-electron chi connectivity index (χ4n) is 3.26. The Balaban J connectivity index is 1.52. The lowest BCUT2D eigenvalue weighted by Crippen LogP contribution is -2.57. The van der Waals surface area contributed by atoms with E-state index in [0.29, 0.717) is 18.7 Å². The van der Waals surface area contributed by atoms with E-state index in [1.165, 1.54) is 6.07 Å². The molecule has 122 valence electrons. The van der Waals surface area contributed by atoms with E-state index in [1.54, 1.807) is 41.3 Å². The van der Waals surface area contributed by atoms with Crippen molar-refractivity contribution in [3.05, 3.63) is 54.1 Å². The monoisotopic (exact) mass is 319 g/mol. The standard InChI is InChI=1S/C16H18FN3O3/c17-11-5-2-1-4-10(11)8-18-13-12-9-22-16(23-12)14(15(13)21)20-7-3-6-19-20/h1-7,12-16,18,21H,8-9H2/t12-,13-,14-,15+,16-/m1/s1. The molecule has 0 amide bonds. The molecule has 7 heteroatoms. The number of aromatic nitrogens is 2. The van der Waals surface area contributed by atoms with Gasteiger partial charge in [0.15, 0.2) is 6.29 Å². The zero-order valence-electron chi connectivity index (χ0n) is 12.4. The third kappa shape index (κ3) is 2.66. The first-order valence-corrected chi connectivity index (χ1v) is 7.65. The van der Waals surface area contributed by atoms with E-state index in [9.17, 15) is 9.50 Å². The van der Waals surface area contributed by atoms with Crippen molar-refractivity contribution in [1.82, 2.24) is 15.1 Å². The highest BCUT2D eigenvalue weighted by atomic mass is 19.1. The highest BCUT2D eigenvalue weighted by Gasteiger charge is 2.51. The lowest BCUT2D eigenvalue weighted by Gasteiger charge is -2.38. The second-order valence-electron chi connectivity index (χ2n) is 5.84. The molecule has 3 heterocycles. The molecule has 23 heavy (non-hydrogen) atoms. The van der Waals surface area contributed by atoms with Crippen LogP contribution in [0.15, 0.2) is 42.7 Å². The molecule has 5 atom stereocenters. The summed E-state index contributed by atoms with van der Waals surface area (Å²) in [5.74, 6) is -0.268. The smallest absolute Gasteiger partial charge is 0.183 e. The molecule has 1 aromatic carbocycles. The second kappa shape index (κ2) is 6.01. The molecule has 0 spiro atoms. The van der Waals surface area contributed by atoms with Crippen LogP contribution >= 0.6 is 0 Å².